The molecule has 0 aliphatic rings. The first kappa shape index (κ1) is 35.5. The van der Waals surface area contributed by atoms with E-state index in [4.69, 9.17) is 13.3 Å². The van der Waals surface area contributed by atoms with Crippen molar-refractivity contribution in [3.63, 3.8) is 0 Å². The Kier molecular flexibility index (Phi) is 7.13. The highest BCUT2D eigenvalue weighted by molar-refractivity contribution is 6.29. The second kappa shape index (κ2) is 13.3. The molecule has 0 saturated carbocycles. The van der Waals surface area contributed by atoms with Crippen molar-refractivity contribution in [1.82, 2.24) is 9.13 Å². The van der Waals surface area contributed by atoms with Crippen LogP contribution in [0.3, 0.4) is 0 Å². The molecule has 0 aliphatic heterocycles. The number of fused-ring (bicyclic) bond motifs is 17. The number of furan rings is 3. The summed E-state index contributed by atoms with van der Waals surface area (Å²) >= 11 is 0. The van der Waals surface area contributed by atoms with E-state index in [0.717, 1.165) is 138 Å². The zero-order valence-corrected chi connectivity index (χ0v) is 35.3. The highest BCUT2D eigenvalue weighted by Gasteiger charge is 2.24. The lowest BCUT2D eigenvalue weighted by molar-refractivity contribution is 0.668. The smallest absolute Gasteiger partial charge is 0.145 e. The van der Waals surface area contributed by atoms with Crippen LogP contribution < -0.4 is 4.90 Å². The third kappa shape index (κ3) is 4.90. The maximum Gasteiger partial charge on any atom is 0.145 e. The van der Waals surface area contributed by atoms with Gasteiger partial charge in [0.1, 0.15) is 33.5 Å². The summed E-state index contributed by atoms with van der Waals surface area (Å²) in [5, 5.41) is 10.9. The van der Waals surface area contributed by atoms with Gasteiger partial charge in [-0.3, -0.25) is 0 Å². The fraction of sp³-hybridized carbons (Fsp3) is 0. The lowest BCUT2D eigenvalue weighted by atomic mass is 10.1. The molecule has 66 heavy (non-hydrogen) atoms. The molecule has 0 aliphatic carbocycles. The molecule has 0 unspecified atom stereocenters. The molecule has 5 aromatic heterocycles. The van der Waals surface area contributed by atoms with Crippen molar-refractivity contribution in [2.45, 2.75) is 0 Å². The minimum Gasteiger partial charge on any atom is -0.456 e. The Labute approximate surface area is 375 Å². The first-order valence-corrected chi connectivity index (χ1v) is 22.3. The molecule has 0 bridgehead atoms. The Hall–Kier alpha value is -9.00. The minimum atomic E-state index is 0.861. The first-order valence-electron chi connectivity index (χ1n) is 22.3. The zero-order chi connectivity index (χ0) is 43.0. The Morgan fingerprint density at radius 2 is 0.727 bits per heavy atom. The summed E-state index contributed by atoms with van der Waals surface area (Å²) in [5.41, 5.74) is 14.9. The summed E-state index contributed by atoms with van der Waals surface area (Å²) in [6.45, 7) is 0. The molecule has 308 valence electrons. The lowest BCUT2D eigenvalue weighted by Gasteiger charge is -2.25. The van der Waals surface area contributed by atoms with E-state index < -0.39 is 0 Å². The predicted octanol–water partition coefficient (Wildman–Crippen LogP) is 17.0. The van der Waals surface area contributed by atoms with Crippen LogP contribution in [0.5, 0.6) is 0 Å². The second-order valence-corrected chi connectivity index (χ2v) is 17.2. The number of nitrogens with zero attached hydrogens (tertiary/aromatic N) is 3. The van der Waals surface area contributed by atoms with Crippen LogP contribution >= 0.6 is 0 Å². The van der Waals surface area contributed by atoms with E-state index in [0.29, 0.717) is 0 Å². The predicted molar refractivity (Wildman–Crippen MR) is 272 cm³/mol. The molecular formula is C60H35N3O3. The third-order valence-electron chi connectivity index (χ3n) is 13.7. The Balaban J connectivity index is 1.03. The van der Waals surface area contributed by atoms with Crippen molar-refractivity contribution < 1.29 is 13.3 Å². The summed E-state index contributed by atoms with van der Waals surface area (Å²) in [6, 6.07) is 75.3. The molecule has 0 amide bonds. The largest absolute Gasteiger partial charge is 0.456 e. The standard InChI is InChI=1S/C60H35N3O3/c1-3-13-36(14-4-1)61(37-15-5-2-6-16-37)38-23-28-50-48(35-38)58-52(63(50)40-25-32-56-47(34-40)42-18-9-12-22-54(42)65-56)30-27-44-43-26-29-51-57(59(43)66-60(44)58)45-19-7-10-20-49(45)62(51)39-24-31-55-46(33-39)41-17-8-11-21-53(41)64-55/h1-35H. The summed E-state index contributed by atoms with van der Waals surface area (Å²) in [4.78, 5) is 2.33. The number of aromatic nitrogens is 2. The van der Waals surface area contributed by atoms with Crippen LogP contribution in [-0.4, -0.2) is 9.13 Å². The van der Waals surface area contributed by atoms with Crippen LogP contribution in [0.25, 0.3) is 121 Å². The Morgan fingerprint density at radius 3 is 1.30 bits per heavy atom. The van der Waals surface area contributed by atoms with Gasteiger partial charge in [-0.2, -0.15) is 0 Å². The topological polar surface area (TPSA) is 52.5 Å². The van der Waals surface area contributed by atoms with Crippen molar-refractivity contribution in [2.75, 3.05) is 4.90 Å². The van der Waals surface area contributed by atoms with Crippen molar-refractivity contribution in [1.29, 1.82) is 0 Å². The fourth-order valence-corrected chi connectivity index (χ4v) is 10.8. The quantitative estimate of drug-likeness (QED) is 0.173. The molecular weight excluding hydrogens is 811 g/mol. The Morgan fingerprint density at radius 1 is 0.273 bits per heavy atom. The average Bonchev–Trinajstić information content (AvgIpc) is 4.18. The average molecular weight is 846 g/mol. The highest BCUT2D eigenvalue weighted by atomic mass is 16.3. The van der Waals surface area contributed by atoms with Crippen molar-refractivity contribution in [3.05, 3.63) is 212 Å². The van der Waals surface area contributed by atoms with Gasteiger partial charge >= 0.3 is 0 Å². The van der Waals surface area contributed by atoms with Gasteiger partial charge in [0.2, 0.25) is 0 Å². The minimum absolute atomic E-state index is 0.861. The number of para-hydroxylation sites is 5. The van der Waals surface area contributed by atoms with Gasteiger partial charge < -0.3 is 27.3 Å². The van der Waals surface area contributed by atoms with Crippen molar-refractivity contribution in [3.8, 4) is 11.4 Å². The molecule has 0 radical (unpaired) electrons. The molecule has 0 saturated heterocycles. The van der Waals surface area contributed by atoms with Crippen LogP contribution in [0, 0.1) is 0 Å². The van der Waals surface area contributed by atoms with Gasteiger partial charge in [0.15, 0.2) is 0 Å². The van der Waals surface area contributed by atoms with Gasteiger partial charge in [-0.25, -0.2) is 0 Å². The maximum absolute atomic E-state index is 7.42. The van der Waals surface area contributed by atoms with Crippen LogP contribution in [-0.2, 0) is 0 Å². The van der Waals surface area contributed by atoms with Gasteiger partial charge in [-0.05, 0) is 121 Å². The molecule has 15 rings (SSSR count). The lowest BCUT2D eigenvalue weighted by Crippen LogP contribution is -2.09. The molecule has 5 heterocycles. The number of hydrogen-bond acceptors (Lipinski definition) is 4. The van der Waals surface area contributed by atoms with Crippen molar-refractivity contribution >= 4 is 126 Å². The van der Waals surface area contributed by atoms with E-state index in [1.807, 2.05) is 24.3 Å². The summed E-state index contributed by atoms with van der Waals surface area (Å²) in [6.07, 6.45) is 0. The molecule has 6 nitrogen and oxygen atoms in total. The number of benzene rings is 10. The second-order valence-electron chi connectivity index (χ2n) is 17.2. The van der Waals surface area contributed by atoms with E-state index in [2.05, 4.69) is 202 Å². The maximum atomic E-state index is 7.42. The van der Waals surface area contributed by atoms with E-state index in [1.165, 1.54) is 0 Å². The SMILES string of the molecule is c1ccc(N(c2ccccc2)c2ccc3c(c2)c2c4oc5c(ccc6c5c5ccccc5n6-c5ccc6oc7ccccc7c6c5)c4ccc2n3-c2ccc3oc4ccccc4c3c2)cc1. The van der Waals surface area contributed by atoms with Gasteiger partial charge in [0.25, 0.3) is 0 Å². The molecule has 0 spiro atoms. The zero-order valence-electron chi connectivity index (χ0n) is 35.3. The van der Waals surface area contributed by atoms with Gasteiger partial charge in [0, 0.05) is 71.5 Å². The van der Waals surface area contributed by atoms with Crippen LogP contribution in [0.4, 0.5) is 17.1 Å². The normalized spacial score (nSPS) is 12.2. The van der Waals surface area contributed by atoms with Gasteiger partial charge in [-0.15, -0.1) is 0 Å². The molecule has 0 atom stereocenters. The third-order valence-corrected chi connectivity index (χ3v) is 13.7. The molecule has 0 N–H and O–H groups in total. The first-order chi connectivity index (χ1) is 32.7. The molecule has 0 fully saturated rings. The van der Waals surface area contributed by atoms with Gasteiger partial charge in [-0.1, -0.05) is 91.0 Å². The Bertz CT molecular complexity index is 4430. The van der Waals surface area contributed by atoms with Gasteiger partial charge in [0.05, 0.1) is 32.8 Å². The molecule has 6 heteroatoms. The van der Waals surface area contributed by atoms with E-state index in [9.17, 15) is 0 Å². The molecule has 10 aromatic carbocycles. The molecule has 15 aromatic rings. The van der Waals surface area contributed by atoms with Crippen LogP contribution in [0.2, 0.25) is 0 Å². The van der Waals surface area contributed by atoms with E-state index in [-0.39, 0.29) is 0 Å². The highest BCUT2D eigenvalue weighted by Crippen LogP contribution is 2.47. The monoisotopic (exact) mass is 845 g/mol. The van der Waals surface area contributed by atoms with Crippen molar-refractivity contribution in [2.24, 2.45) is 0 Å². The van der Waals surface area contributed by atoms with Crippen LogP contribution in [0.1, 0.15) is 0 Å². The number of hydrogen-bond donors (Lipinski definition) is 0. The van der Waals surface area contributed by atoms with E-state index in [1.54, 1.807) is 0 Å². The summed E-state index contributed by atoms with van der Waals surface area (Å²) in [7, 11) is 0. The number of anilines is 3. The fourth-order valence-electron chi connectivity index (χ4n) is 10.8. The number of rotatable bonds is 5. The van der Waals surface area contributed by atoms with Crippen LogP contribution in [0.15, 0.2) is 226 Å². The summed E-state index contributed by atoms with van der Waals surface area (Å²) in [5.74, 6) is 0. The van der Waals surface area contributed by atoms with E-state index >= 15 is 0 Å². The summed E-state index contributed by atoms with van der Waals surface area (Å²) < 4.78 is 24.7.